The van der Waals surface area contributed by atoms with E-state index in [0.29, 0.717) is 17.5 Å². The first-order valence-corrected chi connectivity index (χ1v) is 8.02. The molecule has 0 amide bonds. The minimum atomic E-state index is -0.951. The Morgan fingerprint density at radius 3 is 2.38 bits per heavy atom. The highest BCUT2D eigenvalue weighted by atomic mass is 16.4. The molecule has 0 aliphatic rings. The number of hydrogen-bond donors (Lipinski definition) is 1. The smallest absolute Gasteiger partial charge is 0.197 e. The fourth-order valence-electron chi connectivity index (χ4n) is 2.60. The maximum Gasteiger partial charge on any atom is 0.197 e. The lowest BCUT2D eigenvalue weighted by molar-refractivity contribution is 0.0728. The van der Waals surface area contributed by atoms with E-state index in [1.54, 1.807) is 13.8 Å². The van der Waals surface area contributed by atoms with Gasteiger partial charge in [-0.1, -0.05) is 32.4 Å². The molecule has 0 radical (unpaired) electrons. The average Bonchev–Trinajstić information content (AvgIpc) is 2.75. The molecule has 0 bridgehead atoms. The summed E-state index contributed by atoms with van der Waals surface area (Å²) in [4.78, 5) is 4.58. The number of aryl methyl sites for hydroxylation is 1. The third-order valence-corrected chi connectivity index (χ3v) is 4.17. The predicted octanol–water partition coefficient (Wildman–Crippen LogP) is 5.09. The maximum absolute atomic E-state index is 10.2. The van der Waals surface area contributed by atoms with Gasteiger partial charge in [0.05, 0.1) is 0 Å². The zero-order chi connectivity index (χ0) is 16.2. The third-order valence-electron chi connectivity index (χ3n) is 4.17. The lowest BCUT2D eigenvalue weighted by Crippen LogP contribution is -2.17. The second-order valence-corrected chi connectivity index (χ2v) is 6.83. The van der Waals surface area contributed by atoms with E-state index in [0.717, 1.165) is 37.3 Å². The van der Waals surface area contributed by atoms with Crippen LogP contribution in [0.15, 0.2) is 16.6 Å². The highest BCUT2D eigenvalue weighted by molar-refractivity contribution is 5.16. The Balaban J connectivity index is 2.88. The summed E-state index contributed by atoms with van der Waals surface area (Å²) < 4.78 is 5.86. The Morgan fingerprint density at radius 2 is 1.95 bits per heavy atom. The van der Waals surface area contributed by atoms with Gasteiger partial charge in [-0.15, -0.1) is 0 Å². The molecule has 2 unspecified atom stereocenters. The van der Waals surface area contributed by atoms with Crippen LogP contribution in [0.5, 0.6) is 0 Å². The first kappa shape index (κ1) is 18.0. The summed E-state index contributed by atoms with van der Waals surface area (Å²) >= 11 is 0. The highest BCUT2D eigenvalue weighted by Crippen LogP contribution is 2.32. The number of allylic oxidation sites excluding steroid dienone is 1. The number of hydrogen-bond acceptors (Lipinski definition) is 3. The predicted molar refractivity (Wildman–Crippen MR) is 87.3 cm³/mol. The van der Waals surface area contributed by atoms with Gasteiger partial charge in [-0.3, -0.25) is 0 Å². The summed E-state index contributed by atoms with van der Waals surface area (Å²) in [6, 6.07) is 0. The van der Waals surface area contributed by atoms with E-state index < -0.39 is 5.60 Å². The molecule has 1 rings (SSSR count). The summed E-state index contributed by atoms with van der Waals surface area (Å²) in [5, 5.41) is 10.2. The lowest BCUT2D eigenvalue weighted by atomic mass is 9.90. The van der Waals surface area contributed by atoms with E-state index in [2.05, 4.69) is 32.3 Å². The molecule has 0 fully saturated rings. The van der Waals surface area contributed by atoms with Crippen molar-refractivity contribution in [3.05, 3.63) is 29.5 Å². The van der Waals surface area contributed by atoms with Gasteiger partial charge in [0.25, 0.3) is 0 Å². The molecule has 3 heteroatoms. The van der Waals surface area contributed by atoms with Gasteiger partial charge in [-0.2, -0.15) is 0 Å². The van der Waals surface area contributed by atoms with Crippen molar-refractivity contribution in [1.82, 2.24) is 4.98 Å². The number of aliphatic hydroxyl groups is 1. The SMILES string of the molecule is C=C(C)C(C)CCC(CCC)c1nc(C(C)(C)O)c(C)o1. The second kappa shape index (κ2) is 7.26. The molecular formula is C18H31NO2. The van der Waals surface area contributed by atoms with Crippen molar-refractivity contribution in [1.29, 1.82) is 0 Å². The summed E-state index contributed by atoms with van der Waals surface area (Å²) in [5.41, 5.74) is 0.936. The topological polar surface area (TPSA) is 46.3 Å². The Hall–Kier alpha value is -1.09. The van der Waals surface area contributed by atoms with Crippen LogP contribution in [0.25, 0.3) is 0 Å². The Bertz CT molecular complexity index is 468. The molecule has 0 aromatic carbocycles. The minimum absolute atomic E-state index is 0.326. The van der Waals surface area contributed by atoms with Gasteiger partial charge in [0.1, 0.15) is 17.1 Å². The number of rotatable bonds is 8. The van der Waals surface area contributed by atoms with Crippen molar-refractivity contribution < 1.29 is 9.52 Å². The molecule has 21 heavy (non-hydrogen) atoms. The fourth-order valence-corrected chi connectivity index (χ4v) is 2.60. The van der Waals surface area contributed by atoms with E-state index in [9.17, 15) is 5.11 Å². The quantitative estimate of drug-likeness (QED) is 0.679. The van der Waals surface area contributed by atoms with E-state index >= 15 is 0 Å². The van der Waals surface area contributed by atoms with Crippen LogP contribution in [-0.2, 0) is 5.60 Å². The van der Waals surface area contributed by atoms with E-state index in [1.165, 1.54) is 5.57 Å². The van der Waals surface area contributed by atoms with Gasteiger partial charge in [-0.25, -0.2) is 4.98 Å². The number of aromatic nitrogens is 1. The van der Waals surface area contributed by atoms with Crippen LogP contribution >= 0.6 is 0 Å². The van der Waals surface area contributed by atoms with Crippen LogP contribution in [0.1, 0.15) is 83.6 Å². The molecule has 2 atom stereocenters. The molecule has 1 aromatic rings. The van der Waals surface area contributed by atoms with Gasteiger partial charge >= 0.3 is 0 Å². The fraction of sp³-hybridized carbons (Fsp3) is 0.722. The molecule has 0 saturated carbocycles. The summed E-state index contributed by atoms with van der Waals surface area (Å²) in [7, 11) is 0. The van der Waals surface area contributed by atoms with Crippen LogP contribution in [0.3, 0.4) is 0 Å². The first-order valence-electron chi connectivity index (χ1n) is 8.02. The third kappa shape index (κ3) is 4.99. The van der Waals surface area contributed by atoms with Crippen LogP contribution in [-0.4, -0.2) is 10.1 Å². The monoisotopic (exact) mass is 293 g/mol. The molecule has 120 valence electrons. The van der Waals surface area contributed by atoms with Crippen LogP contribution in [0, 0.1) is 12.8 Å². The highest BCUT2D eigenvalue weighted by Gasteiger charge is 2.27. The van der Waals surface area contributed by atoms with Crippen molar-refractivity contribution in [2.24, 2.45) is 5.92 Å². The Kier molecular flexibility index (Phi) is 6.21. The Labute approximate surface area is 129 Å². The van der Waals surface area contributed by atoms with Crippen LogP contribution in [0.2, 0.25) is 0 Å². The number of oxazole rings is 1. The van der Waals surface area contributed by atoms with E-state index in [4.69, 9.17) is 4.42 Å². The van der Waals surface area contributed by atoms with Gasteiger partial charge in [0.2, 0.25) is 0 Å². The molecule has 3 nitrogen and oxygen atoms in total. The van der Waals surface area contributed by atoms with E-state index in [1.807, 2.05) is 6.92 Å². The molecule has 1 N–H and O–H groups in total. The summed E-state index contributed by atoms with van der Waals surface area (Å²) in [5.74, 6) is 2.35. The lowest BCUT2D eigenvalue weighted by Gasteiger charge is -2.16. The molecular weight excluding hydrogens is 262 g/mol. The first-order chi connectivity index (χ1) is 9.66. The van der Waals surface area contributed by atoms with Crippen molar-refractivity contribution in [3.8, 4) is 0 Å². The number of nitrogens with zero attached hydrogens (tertiary/aromatic N) is 1. The van der Waals surface area contributed by atoms with Gasteiger partial charge < -0.3 is 9.52 Å². The Morgan fingerprint density at radius 1 is 1.33 bits per heavy atom. The minimum Gasteiger partial charge on any atom is -0.445 e. The normalized spacial score (nSPS) is 15.0. The summed E-state index contributed by atoms with van der Waals surface area (Å²) in [6.45, 7) is 15.9. The van der Waals surface area contributed by atoms with Gasteiger partial charge in [0, 0.05) is 5.92 Å². The van der Waals surface area contributed by atoms with Crippen LogP contribution < -0.4 is 0 Å². The summed E-state index contributed by atoms with van der Waals surface area (Å²) in [6.07, 6.45) is 4.31. The maximum atomic E-state index is 10.2. The molecule has 1 aromatic heterocycles. The van der Waals surface area contributed by atoms with Crippen molar-refractivity contribution in [2.45, 2.75) is 78.7 Å². The zero-order valence-electron chi connectivity index (χ0n) is 14.5. The van der Waals surface area contributed by atoms with Crippen molar-refractivity contribution in [3.63, 3.8) is 0 Å². The van der Waals surface area contributed by atoms with Crippen LogP contribution in [0.4, 0.5) is 0 Å². The van der Waals surface area contributed by atoms with Gasteiger partial charge in [0.15, 0.2) is 5.89 Å². The van der Waals surface area contributed by atoms with Gasteiger partial charge in [-0.05, 0) is 52.9 Å². The molecule has 0 spiro atoms. The largest absolute Gasteiger partial charge is 0.445 e. The van der Waals surface area contributed by atoms with Crippen molar-refractivity contribution >= 4 is 0 Å². The average molecular weight is 293 g/mol. The molecule has 0 saturated heterocycles. The molecule has 0 aliphatic carbocycles. The zero-order valence-corrected chi connectivity index (χ0v) is 14.5. The standard InChI is InChI=1S/C18H31NO2/c1-8-9-15(11-10-13(4)12(2)3)17-19-16(14(5)21-17)18(6,7)20/h13,15,20H,2,8-11H2,1,3-7H3. The van der Waals surface area contributed by atoms with E-state index in [-0.39, 0.29) is 0 Å². The second-order valence-electron chi connectivity index (χ2n) is 6.83. The molecule has 1 heterocycles. The van der Waals surface area contributed by atoms with Crippen molar-refractivity contribution in [2.75, 3.05) is 0 Å². The molecule has 0 aliphatic heterocycles.